The molecule has 0 saturated carbocycles. The van der Waals surface area contributed by atoms with Gasteiger partial charge in [0.2, 0.25) is 11.8 Å². The van der Waals surface area contributed by atoms with Crippen LogP contribution in [0.1, 0.15) is 68.2 Å². The summed E-state index contributed by atoms with van der Waals surface area (Å²) in [5, 5.41) is 0. The van der Waals surface area contributed by atoms with Crippen LogP contribution in [0, 0.1) is 11.8 Å². The van der Waals surface area contributed by atoms with E-state index in [0.717, 1.165) is 67.3 Å². The van der Waals surface area contributed by atoms with E-state index >= 15 is 0 Å². The fourth-order valence-corrected chi connectivity index (χ4v) is 7.83. The highest BCUT2D eigenvalue weighted by Gasteiger charge is 2.39. The molecule has 8 rings (SSSR count). The summed E-state index contributed by atoms with van der Waals surface area (Å²) in [6, 6.07) is 0. The Kier molecular flexibility index (Phi) is 9.92. The molecule has 6 aliphatic heterocycles. The summed E-state index contributed by atoms with van der Waals surface area (Å²) < 4.78 is 41.6. The smallest absolute Gasteiger partial charge is 0.249 e. The van der Waals surface area contributed by atoms with E-state index in [0.29, 0.717) is 51.5 Å². The van der Waals surface area contributed by atoms with Crippen LogP contribution in [0.15, 0.2) is 0 Å². The lowest BCUT2D eigenvalue weighted by atomic mass is 9.77. The lowest BCUT2D eigenvalue weighted by Gasteiger charge is -2.44. The van der Waals surface area contributed by atoms with E-state index in [1.807, 2.05) is 0 Å². The second-order valence-electron chi connectivity index (χ2n) is 11.4. The van der Waals surface area contributed by atoms with Gasteiger partial charge in [0.05, 0.1) is 36.7 Å². The molecule has 39 heavy (non-hydrogen) atoms. The average Bonchev–Trinajstić information content (AvgIpc) is 3.66. The van der Waals surface area contributed by atoms with Crippen molar-refractivity contribution >= 4 is 23.5 Å². The van der Waals surface area contributed by atoms with Crippen LogP contribution >= 0.6 is 23.5 Å². The van der Waals surface area contributed by atoms with E-state index < -0.39 is 0 Å². The minimum Gasteiger partial charge on any atom is -0.476 e. The molecule has 2 aromatic heterocycles. The Bertz CT molecular complexity index is 930. The largest absolute Gasteiger partial charge is 0.476 e. The first-order valence-corrected chi connectivity index (χ1v) is 16.3. The van der Waals surface area contributed by atoms with Crippen molar-refractivity contribution in [2.24, 2.45) is 11.8 Å². The van der Waals surface area contributed by atoms with E-state index in [9.17, 15) is 0 Å². The first kappa shape index (κ1) is 27.7. The molecule has 10 nitrogen and oxygen atoms in total. The van der Waals surface area contributed by atoms with Gasteiger partial charge in [-0.15, -0.1) is 8.75 Å². The maximum atomic E-state index is 5.99. The number of rotatable bonds is 16. The number of aromatic nitrogens is 4. The number of nitrogens with zero attached hydrogens (tertiary/aromatic N) is 6. The molecule has 0 spiro atoms. The van der Waals surface area contributed by atoms with Gasteiger partial charge in [-0.3, -0.25) is 0 Å². The molecule has 2 aromatic rings. The molecule has 8 heterocycles. The predicted molar refractivity (Wildman–Crippen MR) is 150 cm³/mol. The van der Waals surface area contributed by atoms with Crippen molar-refractivity contribution in [1.29, 1.82) is 0 Å². The van der Waals surface area contributed by atoms with Crippen LogP contribution in [0.5, 0.6) is 11.8 Å². The summed E-state index contributed by atoms with van der Waals surface area (Å²) in [7, 11) is 0. The number of piperidine rings is 6. The van der Waals surface area contributed by atoms with Gasteiger partial charge in [0.1, 0.15) is 11.4 Å². The topological polar surface area (TPSA) is 95.0 Å². The maximum absolute atomic E-state index is 5.99. The van der Waals surface area contributed by atoms with Crippen molar-refractivity contribution in [2.45, 2.75) is 56.8 Å². The minimum absolute atomic E-state index is 0.487. The first-order chi connectivity index (χ1) is 19.3. The summed E-state index contributed by atoms with van der Waals surface area (Å²) >= 11 is 2.55. The molecule has 0 aliphatic carbocycles. The SMILES string of the molecule is C(COCCCOc1nsnc1C1CN2CCC1CC2)COCCCOc1nsnc1C1CN2CCC1CC2. The Morgan fingerprint density at radius 2 is 0.974 bits per heavy atom. The predicted octanol–water partition coefficient (Wildman–Crippen LogP) is 3.67. The quantitative estimate of drug-likeness (QED) is 0.275. The lowest BCUT2D eigenvalue weighted by molar-refractivity contribution is 0.0710. The van der Waals surface area contributed by atoms with Crippen molar-refractivity contribution in [3.8, 4) is 11.8 Å². The highest BCUT2D eigenvalue weighted by molar-refractivity contribution is 6.99. The van der Waals surface area contributed by atoms with E-state index in [4.69, 9.17) is 18.9 Å². The van der Waals surface area contributed by atoms with Gasteiger partial charge in [-0.1, -0.05) is 0 Å². The third kappa shape index (κ3) is 7.08. The molecule has 2 atom stereocenters. The monoisotopic (exact) mass is 578 g/mol. The first-order valence-electron chi connectivity index (χ1n) is 14.9. The Morgan fingerprint density at radius 3 is 1.36 bits per heavy atom. The number of hydrogen-bond donors (Lipinski definition) is 0. The Labute approximate surface area is 240 Å². The minimum atomic E-state index is 0.487. The second-order valence-corrected chi connectivity index (χ2v) is 12.4. The summed E-state index contributed by atoms with van der Waals surface area (Å²) in [5.41, 5.74) is 2.16. The van der Waals surface area contributed by atoms with Gasteiger partial charge in [-0.2, -0.15) is 8.75 Å². The van der Waals surface area contributed by atoms with Gasteiger partial charge >= 0.3 is 0 Å². The van der Waals surface area contributed by atoms with Gasteiger partial charge in [0.15, 0.2) is 0 Å². The molecule has 0 amide bonds. The Morgan fingerprint density at radius 1 is 0.564 bits per heavy atom. The summed E-state index contributed by atoms with van der Waals surface area (Å²) in [5.74, 6) is 3.95. The van der Waals surface area contributed by atoms with Crippen molar-refractivity contribution in [3.63, 3.8) is 0 Å². The fourth-order valence-electron chi connectivity index (χ4n) is 6.70. The molecule has 4 bridgehead atoms. The molecule has 6 aliphatic rings. The normalized spacial score (nSPS) is 29.6. The Hall–Kier alpha value is -1.44. The molecule has 2 unspecified atom stereocenters. The van der Waals surface area contributed by atoms with Crippen molar-refractivity contribution < 1.29 is 18.9 Å². The third-order valence-electron chi connectivity index (χ3n) is 8.90. The second kappa shape index (κ2) is 14.0. The zero-order chi connectivity index (χ0) is 26.3. The number of fused-ring (bicyclic) bond motifs is 6. The van der Waals surface area contributed by atoms with Crippen molar-refractivity contribution in [1.82, 2.24) is 27.3 Å². The highest BCUT2D eigenvalue weighted by Crippen LogP contribution is 2.42. The zero-order valence-electron chi connectivity index (χ0n) is 22.9. The third-order valence-corrected chi connectivity index (χ3v) is 9.95. The summed E-state index contributed by atoms with van der Waals surface area (Å²) in [6.45, 7) is 11.2. The maximum Gasteiger partial charge on any atom is 0.249 e. The number of hydrogen-bond acceptors (Lipinski definition) is 12. The highest BCUT2D eigenvalue weighted by atomic mass is 32.1. The zero-order valence-corrected chi connectivity index (χ0v) is 24.5. The van der Waals surface area contributed by atoms with Crippen LogP contribution in [0.4, 0.5) is 0 Å². The van der Waals surface area contributed by atoms with Crippen molar-refractivity contribution in [3.05, 3.63) is 11.4 Å². The van der Waals surface area contributed by atoms with Crippen LogP contribution in [0.25, 0.3) is 0 Å². The van der Waals surface area contributed by atoms with E-state index in [1.165, 1.54) is 75.3 Å². The van der Waals surface area contributed by atoms with E-state index in [1.54, 1.807) is 0 Å². The standard InChI is InChI=1S/C27H42N6O4S2/c1(12-34-14-2-16-36-26-24(28-38-30-26)22-18-32-8-4-20(22)5-9-32)13-35-15-3-17-37-27-25(29-39-31-27)23-19-33-10-6-21(23)7-11-33/h20-23H,1-19H2. The van der Waals surface area contributed by atoms with Crippen LogP contribution in [-0.4, -0.2) is 106 Å². The van der Waals surface area contributed by atoms with Gasteiger partial charge in [0.25, 0.3) is 0 Å². The molecule has 12 heteroatoms. The van der Waals surface area contributed by atoms with Crippen molar-refractivity contribution in [2.75, 3.05) is 78.9 Å². The van der Waals surface area contributed by atoms with Crippen LogP contribution in [-0.2, 0) is 9.47 Å². The van der Waals surface area contributed by atoms with Gasteiger partial charge in [0, 0.05) is 64.2 Å². The molecule has 0 N–H and O–H groups in total. The molecule has 216 valence electrons. The molecular weight excluding hydrogens is 536 g/mol. The van der Waals surface area contributed by atoms with Gasteiger partial charge < -0.3 is 28.7 Å². The fraction of sp³-hybridized carbons (Fsp3) is 0.852. The van der Waals surface area contributed by atoms with E-state index in [2.05, 4.69) is 27.3 Å². The molecule has 0 radical (unpaired) electrons. The number of ether oxygens (including phenoxy) is 4. The van der Waals surface area contributed by atoms with Gasteiger partial charge in [-0.25, -0.2) is 0 Å². The van der Waals surface area contributed by atoms with Crippen LogP contribution in [0.3, 0.4) is 0 Å². The summed E-state index contributed by atoms with van der Waals surface area (Å²) in [4.78, 5) is 5.10. The summed E-state index contributed by atoms with van der Waals surface area (Å²) in [6.07, 6.45) is 7.69. The van der Waals surface area contributed by atoms with E-state index in [-0.39, 0.29) is 0 Å². The molecule has 0 aromatic carbocycles. The van der Waals surface area contributed by atoms with Gasteiger partial charge in [-0.05, 0) is 70.1 Å². The van der Waals surface area contributed by atoms with Crippen LogP contribution in [0.2, 0.25) is 0 Å². The Balaban J connectivity index is 0.770. The molecule has 6 saturated heterocycles. The van der Waals surface area contributed by atoms with Crippen LogP contribution < -0.4 is 9.47 Å². The average molecular weight is 579 g/mol. The molecule has 6 fully saturated rings. The lowest BCUT2D eigenvalue weighted by Crippen LogP contribution is -2.46. The molecular formula is C27H42N6O4S2.